The predicted molar refractivity (Wildman–Crippen MR) is 104 cm³/mol. The minimum atomic E-state index is -0.222. The maximum Gasteiger partial charge on any atom is 0.192 e. The highest BCUT2D eigenvalue weighted by molar-refractivity contribution is 5.83. The van der Waals surface area contributed by atoms with E-state index in [-0.39, 0.29) is 11.2 Å². The Morgan fingerprint density at radius 2 is 1.46 bits per heavy atom. The number of rotatable bonds is 3. The lowest BCUT2D eigenvalue weighted by Crippen LogP contribution is -2.09. The molecule has 0 radical (unpaired) electrons. The van der Waals surface area contributed by atoms with E-state index in [0.717, 1.165) is 39.9 Å². The second-order valence-electron chi connectivity index (χ2n) is 6.50. The van der Waals surface area contributed by atoms with Crippen molar-refractivity contribution in [3.05, 3.63) is 106 Å². The summed E-state index contributed by atoms with van der Waals surface area (Å²) in [5.41, 5.74) is 5.65. The van der Waals surface area contributed by atoms with Crippen molar-refractivity contribution < 1.29 is 4.39 Å². The molecule has 128 valence electrons. The zero-order valence-electron chi connectivity index (χ0n) is 14.4. The Morgan fingerprint density at radius 3 is 2.15 bits per heavy atom. The first-order chi connectivity index (χ1) is 12.6. The third-order valence-corrected chi connectivity index (χ3v) is 4.71. The zero-order chi connectivity index (χ0) is 18.1. The normalized spacial score (nSPS) is 11.0. The third-order valence-electron chi connectivity index (χ3n) is 4.71. The molecule has 0 aliphatic rings. The van der Waals surface area contributed by atoms with Crippen LogP contribution in [0, 0.1) is 12.7 Å². The summed E-state index contributed by atoms with van der Waals surface area (Å²) in [4.78, 5) is 16.0. The van der Waals surface area contributed by atoms with Crippen LogP contribution in [0.2, 0.25) is 0 Å². The van der Waals surface area contributed by atoms with Gasteiger partial charge >= 0.3 is 0 Å². The van der Waals surface area contributed by atoms with Crippen molar-refractivity contribution >= 4 is 10.9 Å². The smallest absolute Gasteiger partial charge is 0.192 e. The Kier molecular flexibility index (Phi) is 4.13. The Balaban J connectivity index is 1.69. The first-order valence-electron chi connectivity index (χ1n) is 8.57. The molecule has 2 nitrogen and oxygen atoms in total. The van der Waals surface area contributed by atoms with Crippen molar-refractivity contribution in [2.24, 2.45) is 0 Å². The number of halogens is 1. The molecule has 3 heteroatoms. The van der Waals surface area contributed by atoms with Gasteiger partial charge in [-0.3, -0.25) is 4.79 Å². The standard InChI is InChI=1S/C23H18FNO/c1-15-22(25-21-5-3-2-4-20(21)23(15)26)18-10-6-16(7-11-18)14-17-8-12-19(24)13-9-17/h2-13H,14H2,1H3,(H,25,26). The molecule has 0 amide bonds. The highest BCUT2D eigenvalue weighted by Gasteiger charge is 2.10. The van der Waals surface area contributed by atoms with Crippen molar-refractivity contribution in [1.29, 1.82) is 0 Å². The third kappa shape index (κ3) is 3.04. The molecule has 26 heavy (non-hydrogen) atoms. The number of benzene rings is 3. The topological polar surface area (TPSA) is 32.9 Å². The van der Waals surface area contributed by atoms with Crippen LogP contribution in [0.25, 0.3) is 22.2 Å². The molecule has 4 rings (SSSR count). The summed E-state index contributed by atoms with van der Waals surface area (Å²) in [6, 6.07) is 22.3. The van der Waals surface area contributed by atoms with E-state index in [9.17, 15) is 9.18 Å². The number of H-pyrrole nitrogens is 1. The fourth-order valence-electron chi connectivity index (χ4n) is 3.25. The predicted octanol–water partition coefficient (Wildman–Crippen LogP) is 5.23. The molecule has 3 aromatic carbocycles. The highest BCUT2D eigenvalue weighted by atomic mass is 19.1. The van der Waals surface area contributed by atoms with Crippen molar-refractivity contribution in [2.75, 3.05) is 0 Å². The summed E-state index contributed by atoms with van der Waals surface area (Å²) in [5.74, 6) is -0.222. The van der Waals surface area contributed by atoms with E-state index in [2.05, 4.69) is 4.98 Å². The number of para-hydroxylation sites is 1. The van der Waals surface area contributed by atoms with Crippen LogP contribution in [0.3, 0.4) is 0 Å². The maximum absolute atomic E-state index is 13.0. The van der Waals surface area contributed by atoms with E-state index in [4.69, 9.17) is 0 Å². The van der Waals surface area contributed by atoms with Gasteiger partial charge < -0.3 is 4.98 Å². The minimum Gasteiger partial charge on any atom is -0.354 e. The van der Waals surface area contributed by atoms with Gasteiger partial charge in [-0.15, -0.1) is 0 Å². The van der Waals surface area contributed by atoms with Crippen LogP contribution in [0.4, 0.5) is 4.39 Å². The SMILES string of the molecule is Cc1c(-c2ccc(Cc3ccc(F)cc3)cc2)[nH]c2ccccc2c1=O. The molecule has 0 fully saturated rings. The molecule has 1 aromatic heterocycles. The number of fused-ring (bicyclic) bond motifs is 1. The van der Waals surface area contributed by atoms with E-state index >= 15 is 0 Å². The highest BCUT2D eigenvalue weighted by Crippen LogP contribution is 2.23. The van der Waals surface area contributed by atoms with Gasteiger partial charge in [-0.2, -0.15) is 0 Å². The minimum absolute atomic E-state index is 0.0599. The van der Waals surface area contributed by atoms with Crippen LogP contribution in [0.1, 0.15) is 16.7 Å². The summed E-state index contributed by atoms with van der Waals surface area (Å²) in [5, 5.41) is 0.710. The van der Waals surface area contributed by atoms with Gasteiger partial charge in [0.1, 0.15) is 5.82 Å². The lowest BCUT2D eigenvalue weighted by atomic mass is 10.00. The van der Waals surface area contributed by atoms with Crippen molar-refractivity contribution in [3.8, 4) is 11.3 Å². The van der Waals surface area contributed by atoms with Gasteiger partial charge in [-0.1, -0.05) is 48.5 Å². The number of pyridine rings is 1. The van der Waals surface area contributed by atoms with Gasteiger partial charge in [0.25, 0.3) is 0 Å². The largest absolute Gasteiger partial charge is 0.354 e. The van der Waals surface area contributed by atoms with Gasteiger partial charge in [-0.25, -0.2) is 4.39 Å². The molecule has 1 heterocycles. The molecule has 0 unspecified atom stereocenters. The number of hydrogen-bond donors (Lipinski definition) is 1. The second-order valence-corrected chi connectivity index (χ2v) is 6.50. The first-order valence-corrected chi connectivity index (χ1v) is 8.57. The number of nitrogens with one attached hydrogen (secondary N) is 1. The summed E-state index contributed by atoms with van der Waals surface area (Å²) in [6.07, 6.45) is 0.744. The molecule has 4 aromatic rings. The number of aromatic nitrogens is 1. The lowest BCUT2D eigenvalue weighted by molar-refractivity contribution is 0.627. The maximum atomic E-state index is 13.0. The molecule has 0 saturated carbocycles. The summed E-state index contributed by atoms with van der Waals surface area (Å²) >= 11 is 0. The quantitative estimate of drug-likeness (QED) is 0.542. The van der Waals surface area contributed by atoms with Gasteiger partial charge in [0.15, 0.2) is 5.43 Å². The van der Waals surface area contributed by atoms with E-state index in [0.29, 0.717) is 5.39 Å². The van der Waals surface area contributed by atoms with Crippen LogP contribution in [0.15, 0.2) is 77.6 Å². The van der Waals surface area contributed by atoms with Crippen LogP contribution >= 0.6 is 0 Å². The average Bonchev–Trinajstić information content (AvgIpc) is 2.67. The van der Waals surface area contributed by atoms with Gasteiger partial charge in [0.05, 0.1) is 5.69 Å². The fraction of sp³-hybridized carbons (Fsp3) is 0.0870. The van der Waals surface area contributed by atoms with Crippen LogP contribution in [-0.2, 0) is 6.42 Å². The summed E-state index contributed by atoms with van der Waals surface area (Å²) in [6.45, 7) is 1.85. The number of aromatic amines is 1. The molecule has 0 saturated heterocycles. The molecule has 0 atom stereocenters. The number of hydrogen-bond acceptors (Lipinski definition) is 1. The average molecular weight is 343 g/mol. The van der Waals surface area contributed by atoms with Gasteiger partial charge in [0.2, 0.25) is 0 Å². The lowest BCUT2D eigenvalue weighted by Gasteiger charge is -2.10. The van der Waals surface area contributed by atoms with Crippen molar-refractivity contribution in [2.45, 2.75) is 13.3 Å². The van der Waals surface area contributed by atoms with E-state index in [1.54, 1.807) is 12.1 Å². The summed E-state index contributed by atoms with van der Waals surface area (Å²) < 4.78 is 13.0. The molecular formula is C23H18FNO. The monoisotopic (exact) mass is 343 g/mol. The van der Waals surface area contributed by atoms with E-state index in [1.165, 1.54) is 12.1 Å². The Labute approximate surface area is 151 Å². The Hall–Kier alpha value is -3.20. The Bertz CT molecular complexity index is 1130. The Morgan fingerprint density at radius 1 is 0.846 bits per heavy atom. The molecule has 0 aliphatic heterocycles. The second kappa shape index (κ2) is 6.60. The molecule has 0 spiro atoms. The molecule has 1 N–H and O–H groups in total. The first kappa shape index (κ1) is 16.3. The summed E-state index contributed by atoms with van der Waals surface area (Å²) in [7, 11) is 0. The molecule has 0 aliphatic carbocycles. The van der Waals surface area contributed by atoms with Crippen LogP contribution in [-0.4, -0.2) is 4.98 Å². The fourth-order valence-corrected chi connectivity index (χ4v) is 3.25. The van der Waals surface area contributed by atoms with Crippen LogP contribution < -0.4 is 5.43 Å². The van der Waals surface area contributed by atoms with E-state index < -0.39 is 0 Å². The van der Waals surface area contributed by atoms with Crippen molar-refractivity contribution in [3.63, 3.8) is 0 Å². The van der Waals surface area contributed by atoms with Crippen molar-refractivity contribution in [1.82, 2.24) is 4.98 Å². The molecule has 0 bridgehead atoms. The van der Waals surface area contributed by atoms with Gasteiger partial charge in [-0.05, 0) is 54.3 Å². The van der Waals surface area contributed by atoms with Crippen LogP contribution in [0.5, 0.6) is 0 Å². The zero-order valence-corrected chi connectivity index (χ0v) is 14.4. The van der Waals surface area contributed by atoms with Gasteiger partial charge in [0, 0.05) is 16.5 Å². The molecular weight excluding hydrogens is 325 g/mol. The van der Waals surface area contributed by atoms with E-state index in [1.807, 2.05) is 55.5 Å².